The Morgan fingerprint density at radius 3 is 2.40 bits per heavy atom. The maximum absolute atomic E-state index is 13.6. The third kappa shape index (κ3) is 1.77. The van der Waals surface area contributed by atoms with Crippen molar-refractivity contribution in [3.05, 3.63) is 0 Å². The maximum atomic E-state index is 13.6. The van der Waals surface area contributed by atoms with Crippen LogP contribution in [0.5, 0.6) is 0 Å². The van der Waals surface area contributed by atoms with Crippen LogP contribution in [0.25, 0.3) is 0 Å². The number of halogens is 1. The zero-order chi connectivity index (χ0) is 11.9. The summed E-state index contributed by atoms with van der Waals surface area (Å²) in [4.78, 5) is 23.5. The first kappa shape index (κ1) is 12.5. The predicted octanol–water partition coefficient (Wildman–Crippen LogP) is 1.95. The monoisotopic (exact) mass is 234 g/mol. The van der Waals surface area contributed by atoms with Crippen molar-refractivity contribution in [2.24, 2.45) is 5.41 Å². The number of Topliss-reactive ketones (excluding diaryl/α,β-unsaturated/α-hetero) is 1. The first-order valence-electron chi connectivity index (χ1n) is 4.80. The van der Waals surface area contributed by atoms with E-state index in [1.54, 1.807) is 6.92 Å². The van der Waals surface area contributed by atoms with Gasteiger partial charge >= 0.3 is 5.97 Å². The van der Waals surface area contributed by atoms with Crippen LogP contribution in [0.1, 0.15) is 27.7 Å². The zero-order valence-corrected chi connectivity index (χ0v) is 10.1. The van der Waals surface area contributed by atoms with Gasteiger partial charge in [-0.15, -0.1) is 0 Å². The summed E-state index contributed by atoms with van der Waals surface area (Å²) in [6, 6.07) is 0. The predicted molar refractivity (Wildman–Crippen MR) is 56.3 cm³/mol. The van der Waals surface area contributed by atoms with E-state index in [-0.39, 0.29) is 6.61 Å². The first-order valence-corrected chi connectivity index (χ1v) is 5.68. The summed E-state index contributed by atoms with van der Waals surface area (Å²) in [7, 11) is 0. The maximum Gasteiger partial charge on any atom is 0.329 e. The molecule has 1 rings (SSSR count). The molecule has 0 saturated carbocycles. The molecule has 86 valence electrons. The molecule has 0 bridgehead atoms. The Hall–Kier alpha value is -0.580. The molecule has 1 aliphatic rings. The van der Waals surface area contributed by atoms with Crippen LogP contribution in [-0.2, 0) is 14.3 Å². The molecule has 0 N–H and O–H groups in total. The Labute approximate surface area is 92.7 Å². The van der Waals surface area contributed by atoms with Crippen molar-refractivity contribution in [2.75, 3.05) is 6.61 Å². The number of alkyl halides is 1. The Bertz CT molecular complexity index is 303. The van der Waals surface area contributed by atoms with Gasteiger partial charge in [0.2, 0.25) is 0 Å². The van der Waals surface area contributed by atoms with E-state index in [1.807, 2.05) is 0 Å². The summed E-state index contributed by atoms with van der Waals surface area (Å²) in [5.41, 5.74) is -2.48. The third-order valence-corrected chi connectivity index (χ3v) is 4.21. The molecule has 1 saturated heterocycles. The van der Waals surface area contributed by atoms with E-state index >= 15 is 0 Å². The van der Waals surface area contributed by atoms with Crippen molar-refractivity contribution in [3.8, 4) is 0 Å². The molecular weight excluding hydrogens is 219 g/mol. The van der Waals surface area contributed by atoms with Gasteiger partial charge in [0.1, 0.15) is 0 Å². The molecule has 1 aliphatic heterocycles. The number of thioether (sulfide) groups is 1. The highest BCUT2D eigenvalue weighted by Crippen LogP contribution is 2.51. The van der Waals surface area contributed by atoms with Gasteiger partial charge in [-0.1, -0.05) is 11.8 Å². The average molecular weight is 234 g/mol. The highest BCUT2D eigenvalue weighted by molar-refractivity contribution is 8.03. The lowest BCUT2D eigenvalue weighted by atomic mass is 9.83. The van der Waals surface area contributed by atoms with E-state index < -0.39 is 27.4 Å². The summed E-state index contributed by atoms with van der Waals surface area (Å²) in [5.74, 6) is -1.04. The van der Waals surface area contributed by atoms with E-state index in [9.17, 15) is 14.0 Å². The molecule has 15 heavy (non-hydrogen) atoms. The van der Waals surface area contributed by atoms with Gasteiger partial charge in [0, 0.05) is 0 Å². The second-order valence-corrected chi connectivity index (χ2v) is 5.70. The molecule has 0 aliphatic carbocycles. The molecule has 2 unspecified atom stereocenters. The molecular formula is C10H15FO3S. The van der Waals surface area contributed by atoms with Gasteiger partial charge in [-0.05, 0) is 27.7 Å². The topological polar surface area (TPSA) is 43.4 Å². The second kappa shape index (κ2) is 3.77. The lowest BCUT2D eigenvalue weighted by Crippen LogP contribution is -2.43. The molecule has 0 amide bonds. The number of rotatable bonds is 2. The molecule has 0 aromatic carbocycles. The molecule has 3 nitrogen and oxygen atoms in total. The Kier molecular flexibility index (Phi) is 3.14. The fourth-order valence-corrected chi connectivity index (χ4v) is 2.88. The van der Waals surface area contributed by atoms with Gasteiger partial charge in [0.25, 0.3) is 0 Å². The summed E-state index contributed by atoms with van der Waals surface area (Å²) in [6.45, 7) is 6.30. The van der Waals surface area contributed by atoms with Crippen LogP contribution < -0.4 is 0 Å². The standard InChI is InChI=1S/C10H15FO3S/c1-5-14-8(13)10(4)6(12)9(2,3)7(11)15-10/h7H,5H2,1-4H3. The van der Waals surface area contributed by atoms with E-state index in [4.69, 9.17) is 4.74 Å². The molecule has 0 spiro atoms. The van der Waals surface area contributed by atoms with Crippen LogP contribution >= 0.6 is 11.8 Å². The Morgan fingerprint density at radius 2 is 2.07 bits per heavy atom. The lowest BCUT2D eigenvalue weighted by molar-refractivity contribution is -0.150. The summed E-state index contributed by atoms with van der Waals surface area (Å²) < 4.78 is 17.0. The Balaban J connectivity index is 2.98. The number of carbonyl (C=O) groups excluding carboxylic acids is 2. The van der Waals surface area contributed by atoms with Crippen LogP contribution in [0.2, 0.25) is 0 Å². The highest BCUT2D eigenvalue weighted by Gasteiger charge is 2.61. The van der Waals surface area contributed by atoms with Gasteiger partial charge in [-0.3, -0.25) is 9.59 Å². The van der Waals surface area contributed by atoms with Crippen LogP contribution in [-0.4, -0.2) is 28.6 Å². The molecule has 0 aromatic heterocycles. The second-order valence-electron chi connectivity index (χ2n) is 4.24. The van der Waals surface area contributed by atoms with Crippen molar-refractivity contribution in [1.29, 1.82) is 0 Å². The van der Waals surface area contributed by atoms with Crippen molar-refractivity contribution in [3.63, 3.8) is 0 Å². The summed E-state index contributed by atoms with van der Waals surface area (Å²) >= 11 is 0.740. The number of ketones is 1. The lowest BCUT2D eigenvalue weighted by Gasteiger charge is -2.20. The number of esters is 1. The molecule has 1 heterocycles. The van der Waals surface area contributed by atoms with E-state index in [1.165, 1.54) is 20.8 Å². The fourth-order valence-electron chi connectivity index (χ4n) is 1.54. The Morgan fingerprint density at radius 1 is 1.53 bits per heavy atom. The van der Waals surface area contributed by atoms with Crippen molar-refractivity contribution >= 4 is 23.5 Å². The smallest absolute Gasteiger partial charge is 0.329 e. The average Bonchev–Trinajstić information content (AvgIpc) is 2.29. The number of hydrogen-bond donors (Lipinski definition) is 0. The van der Waals surface area contributed by atoms with Crippen LogP contribution in [0.3, 0.4) is 0 Å². The van der Waals surface area contributed by atoms with Crippen LogP contribution in [0, 0.1) is 5.41 Å². The van der Waals surface area contributed by atoms with Gasteiger partial charge in [0.15, 0.2) is 16.0 Å². The van der Waals surface area contributed by atoms with Crippen molar-refractivity contribution < 1.29 is 18.7 Å². The van der Waals surface area contributed by atoms with Gasteiger partial charge in [-0.2, -0.15) is 0 Å². The van der Waals surface area contributed by atoms with Crippen LogP contribution in [0.4, 0.5) is 4.39 Å². The highest BCUT2D eigenvalue weighted by atomic mass is 32.2. The van der Waals surface area contributed by atoms with Gasteiger partial charge < -0.3 is 4.74 Å². The third-order valence-electron chi connectivity index (χ3n) is 2.59. The van der Waals surface area contributed by atoms with Crippen molar-refractivity contribution in [1.82, 2.24) is 0 Å². The fraction of sp³-hybridized carbons (Fsp3) is 0.800. The van der Waals surface area contributed by atoms with Gasteiger partial charge in [0.05, 0.1) is 12.0 Å². The number of hydrogen-bond acceptors (Lipinski definition) is 4. The molecule has 1 fully saturated rings. The minimum absolute atomic E-state index is 0.194. The van der Waals surface area contributed by atoms with E-state index in [2.05, 4.69) is 0 Å². The van der Waals surface area contributed by atoms with E-state index in [0.29, 0.717) is 0 Å². The quantitative estimate of drug-likeness (QED) is 0.541. The normalized spacial score (nSPS) is 34.2. The summed E-state index contributed by atoms with van der Waals surface area (Å²) in [6.07, 6.45) is 0. The zero-order valence-electron chi connectivity index (χ0n) is 9.30. The minimum atomic E-state index is -1.39. The largest absolute Gasteiger partial charge is 0.465 e. The molecule has 2 atom stereocenters. The minimum Gasteiger partial charge on any atom is -0.465 e. The van der Waals surface area contributed by atoms with Crippen LogP contribution in [0.15, 0.2) is 0 Å². The number of carbonyl (C=O) groups is 2. The first-order chi connectivity index (χ1) is 6.76. The van der Waals surface area contributed by atoms with Crippen molar-refractivity contribution in [2.45, 2.75) is 37.9 Å². The molecule has 0 radical (unpaired) electrons. The molecule has 5 heteroatoms. The van der Waals surface area contributed by atoms with Gasteiger partial charge in [-0.25, -0.2) is 4.39 Å². The SMILES string of the molecule is CCOC(=O)C1(C)SC(F)C(C)(C)C1=O. The number of ether oxygens (including phenoxy) is 1. The molecule has 0 aromatic rings. The van der Waals surface area contributed by atoms with E-state index in [0.717, 1.165) is 11.8 Å². The summed E-state index contributed by atoms with van der Waals surface area (Å²) in [5, 5.41) is 0.